The van der Waals surface area contributed by atoms with E-state index < -0.39 is 0 Å². The van der Waals surface area contributed by atoms with Crippen LogP contribution in [0.4, 0.5) is 0 Å². The molecule has 0 saturated heterocycles. The quantitative estimate of drug-likeness (QED) is 0.716. The number of nitrogens with one attached hydrogen (secondary N) is 1. The fourth-order valence-electron chi connectivity index (χ4n) is 2.24. The van der Waals surface area contributed by atoms with Gasteiger partial charge in [0, 0.05) is 25.7 Å². The molecule has 1 rings (SSSR count). The highest BCUT2D eigenvalue weighted by atomic mass is 16.5. The molecule has 120 valence electrons. The van der Waals surface area contributed by atoms with Crippen LogP contribution >= 0.6 is 0 Å². The van der Waals surface area contributed by atoms with Gasteiger partial charge in [-0.2, -0.15) is 0 Å². The molecule has 0 saturated carbocycles. The molecule has 1 atom stereocenters. The number of rotatable bonds is 10. The van der Waals surface area contributed by atoms with Gasteiger partial charge in [0.25, 0.3) is 0 Å². The summed E-state index contributed by atoms with van der Waals surface area (Å²) < 4.78 is 5.35. The minimum atomic E-state index is 0.340. The molecule has 0 bridgehead atoms. The summed E-state index contributed by atoms with van der Waals surface area (Å²) in [5.74, 6) is 0.923. The number of hydrogen-bond acceptors (Lipinski definition) is 4. The van der Waals surface area contributed by atoms with E-state index in [1.54, 1.807) is 7.11 Å². The molecule has 1 aromatic rings. The van der Waals surface area contributed by atoms with Gasteiger partial charge in [-0.1, -0.05) is 19.1 Å². The molecule has 0 fully saturated rings. The lowest BCUT2D eigenvalue weighted by Crippen LogP contribution is -2.36. The SMILES string of the molecule is CCCNC(CN(C)CCN(C)C)c1cccc(OC)c1. The number of benzene rings is 1. The minimum absolute atomic E-state index is 0.340. The van der Waals surface area contributed by atoms with Crippen LogP contribution < -0.4 is 10.1 Å². The van der Waals surface area contributed by atoms with Crippen molar-refractivity contribution in [2.24, 2.45) is 0 Å². The van der Waals surface area contributed by atoms with Crippen LogP contribution in [-0.4, -0.2) is 64.2 Å². The van der Waals surface area contributed by atoms with Gasteiger partial charge >= 0.3 is 0 Å². The van der Waals surface area contributed by atoms with Crippen LogP contribution in [0, 0.1) is 0 Å². The summed E-state index contributed by atoms with van der Waals surface area (Å²) in [5, 5.41) is 3.64. The lowest BCUT2D eigenvalue weighted by molar-refractivity contribution is 0.256. The first-order valence-electron chi connectivity index (χ1n) is 7.77. The molecule has 21 heavy (non-hydrogen) atoms. The van der Waals surface area contributed by atoms with Crippen LogP contribution in [0.2, 0.25) is 0 Å². The molecular formula is C17H31N3O. The first-order valence-corrected chi connectivity index (χ1v) is 7.77. The second-order valence-electron chi connectivity index (χ2n) is 5.85. The third kappa shape index (κ3) is 6.93. The Bertz CT molecular complexity index is 395. The lowest BCUT2D eigenvalue weighted by atomic mass is 10.1. The van der Waals surface area contributed by atoms with Crippen LogP contribution in [-0.2, 0) is 0 Å². The van der Waals surface area contributed by atoms with Gasteiger partial charge in [-0.15, -0.1) is 0 Å². The van der Waals surface area contributed by atoms with Crippen LogP contribution in [0.3, 0.4) is 0 Å². The lowest BCUT2D eigenvalue weighted by Gasteiger charge is -2.26. The van der Waals surface area contributed by atoms with Crippen LogP contribution in [0.15, 0.2) is 24.3 Å². The molecule has 0 amide bonds. The third-order valence-electron chi connectivity index (χ3n) is 3.56. The Morgan fingerprint density at radius 1 is 1.19 bits per heavy atom. The van der Waals surface area contributed by atoms with Crippen LogP contribution in [0.5, 0.6) is 5.75 Å². The summed E-state index contributed by atoms with van der Waals surface area (Å²) in [6.45, 7) is 6.38. The Balaban J connectivity index is 2.69. The van der Waals surface area contributed by atoms with Gasteiger partial charge < -0.3 is 19.9 Å². The van der Waals surface area contributed by atoms with Crippen molar-refractivity contribution in [1.82, 2.24) is 15.1 Å². The second kappa shape index (κ2) is 9.77. The fraction of sp³-hybridized carbons (Fsp3) is 0.647. The van der Waals surface area contributed by atoms with E-state index >= 15 is 0 Å². The maximum absolute atomic E-state index is 5.35. The highest BCUT2D eigenvalue weighted by molar-refractivity contribution is 5.30. The molecule has 0 aliphatic heterocycles. The summed E-state index contributed by atoms with van der Waals surface area (Å²) in [5.41, 5.74) is 1.29. The molecule has 1 unspecified atom stereocenters. The van der Waals surface area contributed by atoms with Gasteiger partial charge in [0.2, 0.25) is 0 Å². The maximum Gasteiger partial charge on any atom is 0.119 e. The van der Waals surface area contributed by atoms with Crippen molar-refractivity contribution >= 4 is 0 Å². The van der Waals surface area contributed by atoms with Gasteiger partial charge in [0.05, 0.1) is 7.11 Å². The highest BCUT2D eigenvalue weighted by Crippen LogP contribution is 2.20. The molecule has 0 radical (unpaired) electrons. The largest absolute Gasteiger partial charge is 0.497 e. The van der Waals surface area contributed by atoms with Crippen molar-refractivity contribution < 1.29 is 4.74 Å². The monoisotopic (exact) mass is 293 g/mol. The smallest absolute Gasteiger partial charge is 0.119 e. The fourth-order valence-corrected chi connectivity index (χ4v) is 2.24. The summed E-state index contributed by atoms with van der Waals surface area (Å²) in [4.78, 5) is 4.60. The molecule has 4 nitrogen and oxygen atoms in total. The molecule has 0 spiro atoms. The Morgan fingerprint density at radius 2 is 1.95 bits per heavy atom. The number of likely N-dealkylation sites (N-methyl/N-ethyl adjacent to an activating group) is 2. The maximum atomic E-state index is 5.35. The zero-order chi connectivity index (χ0) is 15.7. The summed E-state index contributed by atoms with van der Waals surface area (Å²) >= 11 is 0. The molecule has 0 heterocycles. The Morgan fingerprint density at radius 3 is 2.57 bits per heavy atom. The standard InChI is InChI=1S/C17H31N3O/c1-6-10-18-17(14-20(4)12-11-19(2)3)15-8-7-9-16(13-15)21-5/h7-9,13,17-18H,6,10-12,14H2,1-5H3. The summed E-state index contributed by atoms with van der Waals surface area (Å²) in [6.07, 6.45) is 1.14. The molecule has 0 aromatic heterocycles. The number of nitrogens with zero attached hydrogens (tertiary/aromatic N) is 2. The van der Waals surface area contributed by atoms with E-state index in [2.05, 4.69) is 61.4 Å². The highest BCUT2D eigenvalue weighted by Gasteiger charge is 2.14. The summed E-state index contributed by atoms with van der Waals surface area (Å²) in [6, 6.07) is 8.71. The topological polar surface area (TPSA) is 27.7 Å². The van der Waals surface area contributed by atoms with Crippen molar-refractivity contribution in [2.75, 3.05) is 54.4 Å². The molecule has 0 aliphatic carbocycles. The van der Waals surface area contributed by atoms with Crippen LogP contribution in [0.25, 0.3) is 0 Å². The van der Waals surface area contributed by atoms with E-state index in [9.17, 15) is 0 Å². The van der Waals surface area contributed by atoms with E-state index in [4.69, 9.17) is 4.74 Å². The molecule has 0 aliphatic rings. The third-order valence-corrected chi connectivity index (χ3v) is 3.56. The zero-order valence-corrected chi connectivity index (χ0v) is 14.2. The average Bonchev–Trinajstić information content (AvgIpc) is 2.49. The van der Waals surface area contributed by atoms with Crippen molar-refractivity contribution in [3.05, 3.63) is 29.8 Å². The van der Waals surface area contributed by atoms with Crippen molar-refractivity contribution in [3.63, 3.8) is 0 Å². The number of hydrogen-bond donors (Lipinski definition) is 1. The normalized spacial score (nSPS) is 12.9. The Labute approximate surface area is 130 Å². The molecule has 1 aromatic carbocycles. The van der Waals surface area contributed by atoms with Gasteiger partial charge in [-0.3, -0.25) is 0 Å². The Hall–Kier alpha value is -1.10. The van der Waals surface area contributed by atoms with Gasteiger partial charge in [0.1, 0.15) is 5.75 Å². The summed E-state index contributed by atoms with van der Waals surface area (Å²) in [7, 11) is 8.13. The van der Waals surface area contributed by atoms with Gasteiger partial charge in [-0.05, 0) is 51.8 Å². The zero-order valence-electron chi connectivity index (χ0n) is 14.2. The Kier molecular flexibility index (Phi) is 8.35. The van der Waals surface area contributed by atoms with E-state index in [-0.39, 0.29) is 0 Å². The van der Waals surface area contributed by atoms with Crippen molar-refractivity contribution in [2.45, 2.75) is 19.4 Å². The van der Waals surface area contributed by atoms with Gasteiger partial charge in [0.15, 0.2) is 0 Å². The second-order valence-corrected chi connectivity index (χ2v) is 5.85. The van der Waals surface area contributed by atoms with E-state index in [0.29, 0.717) is 6.04 Å². The predicted molar refractivity (Wildman–Crippen MR) is 90.1 cm³/mol. The van der Waals surface area contributed by atoms with E-state index in [1.165, 1.54) is 5.56 Å². The first kappa shape index (κ1) is 18.0. The molecule has 4 heteroatoms. The average molecular weight is 293 g/mol. The van der Waals surface area contributed by atoms with Crippen LogP contribution in [0.1, 0.15) is 24.9 Å². The predicted octanol–water partition coefficient (Wildman–Crippen LogP) is 2.23. The van der Waals surface area contributed by atoms with Crippen molar-refractivity contribution in [1.29, 1.82) is 0 Å². The number of methoxy groups -OCH3 is 1. The molecule has 1 N–H and O–H groups in total. The van der Waals surface area contributed by atoms with E-state index in [0.717, 1.165) is 38.3 Å². The molecular weight excluding hydrogens is 262 g/mol. The van der Waals surface area contributed by atoms with E-state index in [1.807, 2.05) is 6.07 Å². The number of ether oxygens (including phenoxy) is 1. The van der Waals surface area contributed by atoms with Crippen molar-refractivity contribution in [3.8, 4) is 5.75 Å². The first-order chi connectivity index (χ1) is 10.1. The minimum Gasteiger partial charge on any atom is -0.497 e. The van der Waals surface area contributed by atoms with Gasteiger partial charge in [-0.25, -0.2) is 0 Å².